The molecule has 0 aromatic rings. The van der Waals surface area contributed by atoms with Crippen molar-refractivity contribution in [3.8, 4) is 0 Å². The minimum Gasteiger partial charge on any atom is -0.465 e. The van der Waals surface area contributed by atoms with Crippen LogP contribution in [0, 0.1) is 5.92 Å². The molecule has 2 fully saturated rings. The molecule has 1 saturated carbocycles. The topological polar surface area (TPSA) is 47.6 Å². The van der Waals surface area contributed by atoms with Gasteiger partial charge in [-0.25, -0.2) is 0 Å². The first kappa shape index (κ1) is 12.8. The summed E-state index contributed by atoms with van der Waals surface area (Å²) in [7, 11) is 0. The zero-order chi connectivity index (χ0) is 12.3. The van der Waals surface area contributed by atoms with Gasteiger partial charge >= 0.3 is 5.97 Å². The van der Waals surface area contributed by atoms with Gasteiger partial charge in [-0.3, -0.25) is 10.1 Å². The summed E-state index contributed by atoms with van der Waals surface area (Å²) >= 11 is 0. The molecule has 0 bridgehead atoms. The minimum atomic E-state index is -0.429. The van der Waals surface area contributed by atoms with Crippen molar-refractivity contribution in [2.24, 2.45) is 5.92 Å². The third-order valence-electron chi connectivity index (χ3n) is 3.75. The summed E-state index contributed by atoms with van der Waals surface area (Å²) < 4.78 is 10.7. The normalized spacial score (nSPS) is 36.6. The van der Waals surface area contributed by atoms with Crippen molar-refractivity contribution in [1.29, 1.82) is 0 Å². The number of nitrogens with one attached hydrogen (secondary N) is 1. The fraction of sp³-hybridized carbons (Fsp3) is 0.923. The molecule has 1 heterocycles. The van der Waals surface area contributed by atoms with Crippen LogP contribution >= 0.6 is 0 Å². The maximum absolute atomic E-state index is 12.0. The largest absolute Gasteiger partial charge is 0.465 e. The van der Waals surface area contributed by atoms with Crippen LogP contribution < -0.4 is 5.32 Å². The van der Waals surface area contributed by atoms with Gasteiger partial charge in [0.25, 0.3) is 0 Å². The Hall–Kier alpha value is -0.610. The average molecular weight is 241 g/mol. The summed E-state index contributed by atoms with van der Waals surface area (Å²) in [5, 5.41) is 3.39. The van der Waals surface area contributed by atoms with Crippen molar-refractivity contribution in [3.05, 3.63) is 0 Å². The van der Waals surface area contributed by atoms with Crippen LogP contribution in [0.15, 0.2) is 0 Å². The molecule has 0 aromatic carbocycles. The summed E-state index contributed by atoms with van der Waals surface area (Å²) in [6.07, 6.45) is 4.28. The highest BCUT2D eigenvalue weighted by Crippen LogP contribution is 2.38. The number of carbonyl (C=O) groups is 1. The van der Waals surface area contributed by atoms with Crippen LogP contribution in [-0.2, 0) is 14.3 Å². The SMILES string of the molecule is CCOC(=O)C1(NCC2CCCO2)CC(C)C1. The van der Waals surface area contributed by atoms with E-state index < -0.39 is 5.54 Å². The molecule has 2 rings (SSSR count). The second kappa shape index (κ2) is 5.36. The van der Waals surface area contributed by atoms with Gasteiger partial charge in [0, 0.05) is 13.2 Å². The fourth-order valence-corrected chi connectivity index (χ4v) is 2.90. The van der Waals surface area contributed by atoms with Crippen LogP contribution in [0.3, 0.4) is 0 Å². The summed E-state index contributed by atoms with van der Waals surface area (Å²) in [6, 6.07) is 0. The molecule has 1 aliphatic carbocycles. The Kier molecular flexibility index (Phi) is 4.05. The summed E-state index contributed by atoms with van der Waals surface area (Å²) in [5.74, 6) is 0.521. The maximum Gasteiger partial charge on any atom is 0.326 e. The van der Waals surface area contributed by atoms with E-state index in [4.69, 9.17) is 9.47 Å². The van der Waals surface area contributed by atoms with E-state index in [1.54, 1.807) is 0 Å². The Bertz CT molecular complexity index is 268. The molecular formula is C13H23NO3. The number of hydrogen-bond acceptors (Lipinski definition) is 4. The lowest BCUT2D eigenvalue weighted by atomic mass is 9.69. The third kappa shape index (κ3) is 2.80. The van der Waals surface area contributed by atoms with Gasteiger partial charge in [0.2, 0.25) is 0 Å². The molecule has 1 atom stereocenters. The van der Waals surface area contributed by atoms with Gasteiger partial charge in [-0.2, -0.15) is 0 Å². The van der Waals surface area contributed by atoms with E-state index in [0.717, 1.165) is 38.8 Å². The van der Waals surface area contributed by atoms with Crippen LogP contribution in [0.25, 0.3) is 0 Å². The highest BCUT2D eigenvalue weighted by molar-refractivity contribution is 5.82. The number of carbonyl (C=O) groups excluding carboxylic acids is 1. The predicted molar refractivity (Wildman–Crippen MR) is 64.7 cm³/mol. The van der Waals surface area contributed by atoms with Crippen molar-refractivity contribution >= 4 is 5.97 Å². The van der Waals surface area contributed by atoms with Gasteiger partial charge in [-0.1, -0.05) is 6.92 Å². The summed E-state index contributed by atoms with van der Waals surface area (Å²) in [6.45, 7) is 6.11. The van der Waals surface area contributed by atoms with Gasteiger partial charge in [-0.05, 0) is 38.5 Å². The Balaban J connectivity index is 1.85. The van der Waals surface area contributed by atoms with Gasteiger partial charge in [0.1, 0.15) is 5.54 Å². The monoisotopic (exact) mass is 241 g/mol. The molecule has 1 saturated heterocycles. The van der Waals surface area contributed by atoms with Crippen molar-refractivity contribution in [2.45, 2.75) is 51.2 Å². The van der Waals surface area contributed by atoms with E-state index in [-0.39, 0.29) is 12.1 Å². The highest BCUT2D eigenvalue weighted by atomic mass is 16.5. The fourth-order valence-electron chi connectivity index (χ4n) is 2.90. The first-order chi connectivity index (χ1) is 8.16. The van der Waals surface area contributed by atoms with Crippen LogP contribution in [0.1, 0.15) is 39.5 Å². The van der Waals surface area contributed by atoms with E-state index in [2.05, 4.69) is 12.2 Å². The average Bonchev–Trinajstić information content (AvgIpc) is 2.75. The molecule has 0 radical (unpaired) electrons. The zero-order valence-electron chi connectivity index (χ0n) is 10.8. The van der Waals surface area contributed by atoms with Crippen LogP contribution in [0.4, 0.5) is 0 Å². The van der Waals surface area contributed by atoms with Crippen molar-refractivity contribution in [1.82, 2.24) is 5.32 Å². The lowest BCUT2D eigenvalue weighted by Gasteiger charge is -2.45. The minimum absolute atomic E-state index is 0.0869. The van der Waals surface area contributed by atoms with Gasteiger partial charge in [0.05, 0.1) is 12.7 Å². The van der Waals surface area contributed by atoms with Gasteiger partial charge < -0.3 is 9.47 Å². The molecule has 4 heteroatoms. The second-order valence-corrected chi connectivity index (χ2v) is 5.33. The summed E-state index contributed by atoms with van der Waals surface area (Å²) in [4.78, 5) is 12.0. The van der Waals surface area contributed by atoms with E-state index in [0.29, 0.717) is 12.5 Å². The second-order valence-electron chi connectivity index (χ2n) is 5.33. The van der Waals surface area contributed by atoms with E-state index in [1.165, 1.54) is 0 Å². The molecule has 2 aliphatic rings. The van der Waals surface area contributed by atoms with Crippen LogP contribution in [-0.4, -0.2) is 37.4 Å². The Morgan fingerprint density at radius 2 is 2.29 bits per heavy atom. The molecule has 0 aromatic heterocycles. The Morgan fingerprint density at radius 3 is 2.82 bits per heavy atom. The molecule has 98 valence electrons. The van der Waals surface area contributed by atoms with Crippen molar-refractivity contribution in [2.75, 3.05) is 19.8 Å². The molecule has 1 aliphatic heterocycles. The van der Waals surface area contributed by atoms with Gasteiger partial charge in [-0.15, -0.1) is 0 Å². The van der Waals surface area contributed by atoms with E-state index >= 15 is 0 Å². The smallest absolute Gasteiger partial charge is 0.326 e. The molecule has 4 nitrogen and oxygen atoms in total. The maximum atomic E-state index is 12.0. The predicted octanol–water partition coefficient (Wildman–Crippen LogP) is 1.49. The van der Waals surface area contributed by atoms with Crippen LogP contribution in [0.2, 0.25) is 0 Å². The van der Waals surface area contributed by atoms with Crippen molar-refractivity contribution in [3.63, 3.8) is 0 Å². The highest BCUT2D eigenvalue weighted by Gasteiger charge is 2.49. The number of hydrogen-bond donors (Lipinski definition) is 1. The molecule has 1 N–H and O–H groups in total. The van der Waals surface area contributed by atoms with E-state index in [1.807, 2.05) is 6.92 Å². The Morgan fingerprint density at radius 1 is 1.53 bits per heavy atom. The number of esters is 1. The first-order valence-electron chi connectivity index (χ1n) is 6.70. The lowest BCUT2D eigenvalue weighted by molar-refractivity contribution is -0.157. The standard InChI is InChI=1S/C13H23NO3/c1-3-16-12(15)13(7-10(2)8-13)14-9-11-5-4-6-17-11/h10-11,14H,3-9H2,1-2H3. The zero-order valence-corrected chi connectivity index (χ0v) is 10.8. The Labute approximate surface area is 103 Å². The molecular weight excluding hydrogens is 218 g/mol. The molecule has 0 spiro atoms. The third-order valence-corrected chi connectivity index (χ3v) is 3.75. The molecule has 0 amide bonds. The van der Waals surface area contributed by atoms with Crippen molar-refractivity contribution < 1.29 is 14.3 Å². The lowest BCUT2D eigenvalue weighted by Crippen LogP contribution is -2.62. The molecule has 1 unspecified atom stereocenters. The van der Waals surface area contributed by atoms with Crippen LogP contribution in [0.5, 0.6) is 0 Å². The summed E-state index contributed by atoms with van der Waals surface area (Å²) in [5.41, 5.74) is -0.429. The quantitative estimate of drug-likeness (QED) is 0.741. The first-order valence-corrected chi connectivity index (χ1v) is 6.70. The number of ether oxygens (including phenoxy) is 2. The van der Waals surface area contributed by atoms with E-state index in [9.17, 15) is 4.79 Å². The number of rotatable bonds is 5. The molecule has 17 heavy (non-hydrogen) atoms. The van der Waals surface area contributed by atoms with Gasteiger partial charge in [0.15, 0.2) is 0 Å².